The molecular formula is C16H26N2OS. The van der Waals surface area contributed by atoms with E-state index in [9.17, 15) is 4.79 Å². The van der Waals surface area contributed by atoms with Crippen LogP contribution in [0.3, 0.4) is 0 Å². The number of amides is 1. The number of likely N-dealkylation sites (N-methyl/N-ethyl adjacent to an activating group) is 1. The summed E-state index contributed by atoms with van der Waals surface area (Å²) in [6, 6.07) is 10.0. The van der Waals surface area contributed by atoms with Gasteiger partial charge in [-0.15, -0.1) is 0 Å². The number of thioether (sulfide) groups is 1. The highest BCUT2D eigenvalue weighted by molar-refractivity contribution is 7.98. The fourth-order valence-electron chi connectivity index (χ4n) is 2.23. The van der Waals surface area contributed by atoms with Crippen molar-refractivity contribution in [2.75, 3.05) is 19.1 Å². The van der Waals surface area contributed by atoms with Crippen LogP contribution in [0.25, 0.3) is 0 Å². The van der Waals surface area contributed by atoms with Gasteiger partial charge >= 0.3 is 0 Å². The third kappa shape index (κ3) is 5.17. The van der Waals surface area contributed by atoms with Crippen LogP contribution in [0.1, 0.15) is 25.3 Å². The fraction of sp³-hybridized carbons (Fsp3) is 0.562. The number of carbonyl (C=O) groups is 1. The van der Waals surface area contributed by atoms with Gasteiger partial charge in [0, 0.05) is 18.8 Å². The number of benzene rings is 1. The van der Waals surface area contributed by atoms with Crippen molar-refractivity contribution in [1.82, 2.24) is 4.90 Å². The van der Waals surface area contributed by atoms with Gasteiger partial charge in [-0.1, -0.05) is 37.3 Å². The largest absolute Gasteiger partial charge is 0.341 e. The van der Waals surface area contributed by atoms with Crippen molar-refractivity contribution in [3.05, 3.63) is 35.9 Å². The number of carbonyl (C=O) groups excluding carboxylic acids is 1. The van der Waals surface area contributed by atoms with Crippen LogP contribution < -0.4 is 5.73 Å². The van der Waals surface area contributed by atoms with Gasteiger partial charge in [-0.25, -0.2) is 0 Å². The number of nitrogens with zero attached hydrogens (tertiary/aromatic N) is 1. The van der Waals surface area contributed by atoms with E-state index in [1.807, 2.05) is 30.1 Å². The summed E-state index contributed by atoms with van der Waals surface area (Å²) in [7, 11) is 1.87. The lowest BCUT2D eigenvalue weighted by molar-refractivity contribution is -0.133. The summed E-state index contributed by atoms with van der Waals surface area (Å²) in [5, 5.41) is 0. The molecule has 0 aliphatic heterocycles. The Morgan fingerprint density at radius 1 is 1.35 bits per heavy atom. The molecule has 0 aromatic heterocycles. The van der Waals surface area contributed by atoms with Crippen LogP contribution in [0.5, 0.6) is 0 Å². The van der Waals surface area contributed by atoms with Gasteiger partial charge in [-0.05, 0) is 31.1 Å². The number of hydrogen-bond acceptors (Lipinski definition) is 3. The molecule has 3 nitrogen and oxygen atoms in total. The summed E-state index contributed by atoms with van der Waals surface area (Å²) in [6.07, 6.45) is 4.58. The Kier molecular flexibility index (Phi) is 7.70. The van der Waals surface area contributed by atoms with Gasteiger partial charge in [0.15, 0.2) is 0 Å². The first-order chi connectivity index (χ1) is 9.60. The minimum atomic E-state index is -0.406. The highest BCUT2D eigenvalue weighted by Gasteiger charge is 2.23. The molecule has 0 spiro atoms. The number of nitrogens with two attached hydrogens (primary N) is 1. The first-order valence-electron chi connectivity index (χ1n) is 7.15. The SMILES string of the molecule is CCC(CSC)N(C)C(=O)[C@@H](N)CCc1ccccc1. The van der Waals surface area contributed by atoms with Crippen LogP contribution in [0, 0.1) is 0 Å². The Morgan fingerprint density at radius 3 is 2.55 bits per heavy atom. The Morgan fingerprint density at radius 2 is 2.00 bits per heavy atom. The monoisotopic (exact) mass is 294 g/mol. The van der Waals surface area contributed by atoms with Gasteiger partial charge < -0.3 is 10.6 Å². The average molecular weight is 294 g/mol. The second kappa shape index (κ2) is 9.03. The minimum absolute atomic E-state index is 0.0573. The second-order valence-corrected chi connectivity index (χ2v) is 6.01. The molecule has 1 amide bonds. The molecule has 2 atom stereocenters. The van der Waals surface area contributed by atoms with Crippen molar-refractivity contribution >= 4 is 17.7 Å². The van der Waals surface area contributed by atoms with Gasteiger partial charge in [0.25, 0.3) is 0 Å². The predicted molar refractivity (Wildman–Crippen MR) is 88.0 cm³/mol. The molecule has 0 aliphatic rings. The van der Waals surface area contributed by atoms with Crippen molar-refractivity contribution in [3.63, 3.8) is 0 Å². The van der Waals surface area contributed by atoms with Crippen molar-refractivity contribution in [1.29, 1.82) is 0 Å². The van der Waals surface area contributed by atoms with E-state index in [4.69, 9.17) is 5.73 Å². The van der Waals surface area contributed by atoms with Crippen LogP contribution in [0.15, 0.2) is 30.3 Å². The maximum atomic E-state index is 12.3. The molecule has 4 heteroatoms. The number of aryl methyl sites for hydroxylation is 1. The molecule has 2 N–H and O–H groups in total. The van der Waals surface area contributed by atoms with Crippen LogP contribution in [0.4, 0.5) is 0 Å². The quantitative estimate of drug-likeness (QED) is 0.801. The van der Waals surface area contributed by atoms with E-state index < -0.39 is 6.04 Å². The van der Waals surface area contributed by atoms with Gasteiger partial charge in [-0.2, -0.15) is 11.8 Å². The molecule has 112 valence electrons. The molecule has 0 saturated heterocycles. The van der Waals surface area contributed by atoms with Crippen LogP contribution in [-0.4, -0.2) is 41.9 Å². The van der Waals surface area contributed by atoms with Crippen molar-refractivity contribution in [3.8, 4) is 0 Å². The van der Waals surface area contributed by atoms with Gasteiger partial charge in [-0.3, -0.25) is 4.79 Å². The highest BCUT2D eigenvalue weighted by Crippen LogP contribution is 2.11. The first-order valence-corrected chi connectivity index (χ1v) is 8.54. The van der Waals surface area contributed by atoms with Crippen molar-refractivity contribution < 1.29 is 4.79 Å². The van der Waals surface area contributed by atoms with E-state index in [0.717, 1.165) is 18.6 Å². The van der Waals surface area contributed by atoms with E-state index in [0.29, 0.717) is 6.42 Å². The molecular weight excluding hydrogens is 268 g/mol. The maximum Gasteiger partial charge on any atom is 0.239 e. The van der Waals surface area contributed by atoms with Crippen LogP contribution in [0.2, 0.25) is 0 Å². The molecule has 0 heterocycles. The smallest absolute Gasteiger partial charge is 0.239 e. The van der Waals surface area contributed by atoms with Crippen molar-refractivity contribution in [2.45, 2.75) is 38.3 Å². The summed E-state index contributed by atoms with van der Waals surface area (Å²) in [5.74, 6) is 1.02. The predicted octanol–water partition coefficient (Wildman–Crippen LogP) is 2.55. The second-order valence-electron chi connectivity index (χ2n) is 5.10. The summed E-state index contributed by atoms with van der Waals surface area (Å²) in [6.45, 7) is 2.11. The molecule has 0 bridgehead atoms. The summed E-state index contributed by atoms with van der Waals surface area (Å²) < 4.78 is 0. The van der Waals surface area contributed by atoms with E-state index >= 15 is 0 Å². The van der Waals surface area contributed by atoms with Gasteiger partial charge in [0.2, 0.25) is 5.91 Å². The standard InChI is InChI=1S/C16H26N2OS/c1-4-14(12-20-3)18(2)16(19)15(17)11-10-13-8-6-5-7-9-13/h5-9,14-15H,4,10-12,17H2,1-3H3/t14?,15-/m0/s1. The molecule has 1 unspecified atom stereocenters. The molecule has 20 heavy (non-hydrogen) atoms. The Hall–Kier alpha value is -1.00. The van der Waals surface area contributed by atoms with E-state index in [1.54, 1.807) is 11.8 Å². The molecule has 1 rings (SSSR count). The third-order valence-corrected chi connectivity index (χ3v) is 4.35. The molecule has 1 aromatic rings. The lowest BCUT2D eigenvalue weighted by Crippen LogP contribution is -2.47. The number of rotatable bonds is 8. The third-order valence-electron chi connectivity index (χ3n) is 3.63. The highest BCUT2D eigenvalue weighted by atomic mass is 32.2. The zero-order valence-electron chi connectivity index (χ0n) is 12.7. The zero-order valence-corrected chi connectivity index (χ0v) is 13.5. The summed E-state index contributed by atoms with van der Waals surface area (Å²) in [4.78, 5) is 14.2. The molecule has 0 aliphatic carbocycles. The lowest BCUT2D eigenvalue weighted by atomic mass is 10.0. The minimum Gasteiger partial charge on any atom is -0.341 e. The van der Waals surface area contributed by atoms with Gasteiger partial charge in [0.05, 0.1) is 6.04 Å². The normalized spacial score (nSPS) is 13.8. The first kappa shape index (κ1) is 17.1. The molecule has 0 fully saturated rings. The molecule has 0 saturated carbocycles. The average Bonchev–Trinajstić information content (AvgIpc) is 2.49. The van der Waals surface area contributed by atoms with E-state index in [1.165, 1.54) is 5.56 Å². The number of hydrogen-bond donors (Lipinski definition) is 1. The zero-order chi connectivity index (χ0) is 15.0. The van der Waals surface area contributed by atoms with Gasteiger partial charge in [0.1, 0.15) is 0 Å². The van der Waals surface area contributed by atoms with E-state index in [2.05, 4.69) is 25.3 Å². The molecule has 0 radical (unpaired) electrons. The Balaban J connectivity index is 2.49. The summed E-state index contributed by atoms with van der Waals surface area (Å²) in [5.41, 5.74) is 7.29. The van der Waals surface area contributed by atoms with Crippen LogP contribution in [-0.2, 0) is 11.2 Å². The van der Waals surface area contributed by atoms with E-state index in [-0.39, 0.29) is 11.9 Å². The van der Waals surface area contributed by atoms with Crippen molar-refractivity contribution in [2.24, 2.45) is 5.73 Å². The lowest BCUT2D eigenvalue weighted by Gasteiger charge is -2.29. The topological polar surface area (TPSA) is 46.3 Å². The Labute approximate surface area is 126 Å². The summed E-state index contributed by atoms with van der Waals surface area (Å²) >= 11 is 1.77. The Bertz CT molecular complexity index is 397. The maximum absolute atomic E-state index is 12.3. The molecule has 1 aromatic carbocycles. The van der Waals surface area contributed by atoms with Crippen LogP contribution >= 0.6 is 11.8 Å². The fourth-order valence-corrected chi connectivity index (χ4v) is 3.07.